The molecule has 3 atom stereocenters. The lowest BCUT2D eigenvalue weighted by Gasteiger charge is -2.49. The second-order valence-corrected chi connectivity index (χ2v) is 7.53. The number of nitrogens with zero attached hydrogens (tertiary/aromatic N) is 2. The van der Waals surface area contributed by atoms with E-state index in [4.69, 9.17) is 0 Å². The van der Waals surface area contributed by atoms with E-state index in [1.165, 1.54) is 0 Å². The summed E-state index contributed by atoms with van der Waals surface area (Å²) in [7, 11) is 0. The van der Waals surface area contributed by atoms with Gasteiger partial charge in [-0.3, -0.25) is 0 Å². The van der Waals surface area contributed by atoms with Crippen LogP contribution in [0.1, 0.15) is 60.8 Å². The maximum atomic E-state index is 13.3. The first-order chi connectivity index (χ1) is 9.62. The Morgan fingerprint density at radius 1 is 1.38 bits per heavy atom. The van der Waals surface area contributed by atoms with Gasteiger partial charge in [0.1, 0.15) is 0 Å². The normalized spacial score (nSPS) is 27.2. The van der Waals surface area contributed by atoms with Crippen LogP contribution in [0.15, 0.2) is 17.3 Å². The van der Waals surface area contributed by atoms with Crippen LogP contribution in [0.4, 0.5) is 8.78 Å². The number of halogens is 2. The summed E-state index contributed by atoms with van der Waals surface area (Å²) in [6.07, 6.45) is 8.27. The number of rotatable bonds is 7. The Balaban J connectivity index is 2.77. The van der Waals surface area contributed by atoms with E-state index in [0.29, 0.717) is 12.3 Å². The summed E-state index contributed by atoms with van der Waals surface area (Å²) < 4.78 is 26.5. The van der Waals surface area contributed by atoms with Crippen molar-refractivity contribution in [3.8, 4) is 0 Å². The Morgan fingerprint density at radius 2 is 2.00 bits per heavy atom. The van der Waals surface area contributed by atoms with Crippen LogP contribution in [0.3, 0.4) is 0 Å². The van der Waals surface area contributed by atoms with Crippen LogP contribution < -0.4 is 0 Å². The summed E-state index contributed by atoms with van der Waals surface area (Å²) in [6, 6.07) is -0.310. The SMILES string of the molecule is CC/C=N/N(C(F)F)C1C=C[C@@]1(C)[C@H](C)CCC(C)(C)C. The molecule has 4 heteroatoms. The molecule has 0 saturated carbocycles. The first kappa shape index (κ1) is 18.1. The lowest BCUT2D eigenvalue weighted by atomic mass is 9.63. The average molecular weight is 300 g/mol. The van der Waals surface area contributed by atoms with Crippen LogP contribution in [-0.2, 0) is 0 Å². The molecule has 1 aliphatic carbocycles. The quantitative estimate of drug-likeness (QED) is 0.269. The summed E-state index contributed by atoms with van der Waals surface area (Å²) in [6.45, 7) is 10.2. The first-order valence-electron chi connectivity index (χ1n) is 7.90. The number of hydrogen-bond donors (Lipinski definition) is 0. The van der Waals surface area contributed by atoms with Crippen LogP contribution >= 0.6 is 0 Å². The Bertz CT molecular complexity index is 385. The summed E-state index contributed by atoms with van der Waals surface area (Å²) >= 11 is 0. The third-order valence-electron chi connectivity index (χ3n) is 4.55. The van der Waals surface area contributed by atoms with Crippen LogP contribution in [-0.4, -0.2) is 23.8 Å². The van der Waals surface area contributed by atoms with Gasteiger partial charge in [-0.1, -0.05) is 53.7 Å². The monoisotopic (exact) mass is 300 g/mol. The smallest absolute Gasteiger partial charge is 0.230 e. The number of hydrogen-bond acceptors (Lipinski definition) is 2. The zero-order valence-corrected chi connectivity index (χ0v) is 14.2. The zero-order valence-electron chi connectivity index (χ0n) is 14.2. The first-order valence-corrected chi connectivity index (χ1v) is 7.90. The van der Waals surface area contributed by atoms with Crippen LogP contribution in [0.2, 0.25) is 0 Å². The van der Waals surface area contributed by atoms with Gasteiger partial charge >= 0.3 is 6.55 Å². The Kier molecular flexibility index (Phi) is 5.94. The standard InChI is InChI=1S/C17H30F2N2/c1-7-12-20-21(15(18)19)14-9-11-17(14,6)13(2)8-10-16(3,4)5/h9,11-15H,7-8,10H2,1-6H3/b20-12+/t13-,14?,17+/m1/s1. The van der Waals surface area contributed by atoms with Crippen LogP contribution in [0, 0.1) is 16.7 Å². The van der Waals surface area contributed by atoms with Gasteiger partial charge < -0.3 is 0 Å². The van der Waals surface area contributed by atoms with Crippen molar-refractivity contribution in [1.29, 1.82) is 0 Å². The van der Waals surface area contributed by atoms with Gasteiger partial charge in [-0.15, -0.1) is 0 Å². The Labute approximate surface area is 128 Å². The van der Waals surface area contributed by atoms with Crippen molar-refractivity contribution in [3.05, 3.63) is 12.2 Å². The largest absolute Gasteiger partial charge is 0.330 e. The van der Waals surface area contributed by atoms with Crippen molar-refractivity contribution < 1.29 is 8.78 Å². The fourth-order valence-corrected chi connectivity index (χ4v) is 2.69. The summed E-state index contributed by atoms with van der Waals surface area (Å²) in [4.78, 5) is 0. The van der Waals surface area contributed by atoms with E-state index in [9.17, 15) is 8.78 Å². The van der Waals surface area contributed by atoms with Gasteiger partial charge in [0.15, 0.2) is 0 Å². The van der Waals surface area contributed by atoms with Crippen LogP contribution in [0.25, 0.3) is 0 Å². The Hall–Kier alpha value is -0.930. The van der Waals surface area contributed by atoms with Crippen molar-refractivity contribution in [2.75, 3.05) is 0 Å². The van der Waals surface area contributed by atoms with Crippen molar-refractivity contribution in [2.45, 2.75) is 73.4 Å². The molecule has 0 aromatic carbocycles. The van der Waals surface area contributed by atoms with Gasteiger partial charge in [0.25, 0.3) is 0 Å². The van der Waals surface area contributed by atoms with Crippen LogP contribution in [0.5, 0.6) is 0 Å². The zero-order chi connectivity index (χ0) is 16.3. The number of alkyl halides is 2. The maximum absolute atomic E-state index is 13.3. The molecule has 122 valence electrons. The minimum absolute atomic E-state index is 0.229. The molecule has 1 aliphatic rings. The van der Waals surface area contributed by atoms with E-state index < -0.39 is 6.55 Å². The third kappa shape index (κ3) is 4.52. The second-order valence-electron chi connectivity index (χ2n) is 7.53. The topological polar surface area (TPSA) is 15.6 Å². The van der Waals surface area contributed by atoms with E-state index in [1.54, 1.807) is 6.21 Å². The molecule has 0 aliphatic heterocycles. The van der Waals surface area contributed by atoms with Gasteiger partial charge in [-0.2, -0.15) is 13.9 Å². The van der Waals surface area contributed by atoms with Gasteiger partial charge in [0.05, 0.1) is 6.04 Å². The van der Waals surface area contributed by atoms with E-state index in [-0.39, 0.29) is 16.9 Å². The Morgan fingerprint density at radius 3 is 2.38 bits per heavy atom. The van der Waals surface area contributed by atoms with E-state index in [2.05, 4.69) is 45.8 Å². The molecule has 0 heterocycles. The second kappa shape index (κ2) is 6.89. The summed E-state index contributed by atoms with van der Waals surface area (Å²) in [5.74, 6) is 0.352. The van der Waals surface area contributed by atoms with E-state index in [0.717, 1.165) is 17.9 Å². The molecule has 1 unspecified atom stereocenters. The average Bonchev–Trinajstić information content (AvgIpc) is 2.37. The fraction of sp³-hybridized carbons (Fsp3) is 0.824. The third-order valence-corrected chi connectivity index (χ3v) is 4.55. The van der Waals surface area contributed by atoms with Gasteiger partial charge in [0, 0.05) is 11.6 Å². The van der Waals surface area contributed by atoms with E-state index >= 15 is 0 Å². The van der Waals surface area contributed by atoms with Gasteiger partial charge in [-0.25, -0.2) is 5.01 Å². The molecule has 0 aromatic rings. The highest BCUT2D eigenvalue weighted by atomic mass is 19.3. The van der Waals surface area contributed by atoms with Crippen molar-refractivity contribution in [3.63, 3.8) is 0 Å². The lowest BCUT2D eigenvalue weighted by Crippen LogP contribution is -2.52. The molecule has 1 rings (SSSR count). The molecule has 21 heavy (non-hydrogen) atoms. The molecule has 0 N–H and O–H groups in total. The molecule has 0 radical (unpaired) electrons. The maximum Gasteiger partial charge on any atom is 0.330 e. The molecule has 0 fully saturated rings. The molecule has 0 aromatic heterocycles. The van der Waals surface area contributed by atoms with Gasteiger partial charge in [0.2, 0.25) is 0 Å². The highest BCUT2D eigenvalue weighted by Gasteiger charge is 2.46. The molecular formula is C17H30F2N2. The summed E-state index contributed by atoms with van der Waals surface area (Å²) in [5.41, 5.74) is 0.0447. The highest BCUT2D eigenvalue weighted by Crippen LogP contribution is 2.46. The summed E-state index contributed by atoms with van der Waals surface area (Å²) in [5, 5.41) is 4.91. The molecule has 2 nitrogen and oxygen atoms in total. The molecule has 0 saturated heterocycles. The fourth-order valence-electron chi connectivity index (χ4n) is 2.69. The number of hydrazone groups is 1. The predicted octanol–water partition coefficient (Wildman–Crippen LogP) is 5.31. The molecular weight excluding hydrogens is 270 g/mol. The highest BCUT2D eigenvalue weighted by molar-refractivity contribution is 5.56. The van der Waals surface area contributed by atoms with Crippen molar-refractivity contribution >= 4 is 6.21 Å². The van der Waals surface area contributed by atoms with Gasteiger partial charge in [-0.05, 0) is 30.6 Å². The molecule has 0 amide bonds. The van der Waals surface area contributed by atoms with Crippen molar-refractivity contribution in [1.82, 2.24) is 5.01 Å². The van der Waals surface area contributed by atoms with E-state index in [1.807, 2.05) is 13.0 Å². The predicted molar refractivity (Wildman–Crippen MR) is 85.5 cm³/mol. The molecule has 0 bridgehead atoms. The lowest BCUT2D eigenvalue weighted by molar-refractivity contribution is -0.0802. The molecule has 0 spiro atoms. The minimum atomic E-state index is -2.56. The minimum Gasteiger partial charge on any atom is -0.230 e. The van der Waals surface area contributed by atoms with Crippen molar-refractivity contribution in [2.24, 2.45) is 21.8 Å².